The van der Waals surface area contributed by atoms with E-state index in [4.69, 9.17) is 4.98 Å². The molecule has 9 aromatic rings. The fourth-order valence-electron chi connectivity index (χ4n) is 6.65. The van der Waals surface area contributed by atoms with Crippen LogP contribution < -0.4 is 4.90 Å². The average Bonchev–Trinajstić information content (AvgIpc) is 3.72. The Morgan fingerprint density at radius 2 is 1.15 bits per heavy atom. The molecule has 0 spiro atoms. The molecule has 0 amide bonds. The van der Waals surface area contributed by atoms with E-state index in [1.165, 1.54) is 31.3 Å². The van der Waals surface area contributed by atoms with E-state index in [1.807, 2.05) is 23.5 Å². The van der Waals surface area contributed by atoms with Gasteiger partial charge in [0, 0.05) is 54.6 Å². The smallest absolute Gasteiger partial charge is 0.137 e. The van der Waals surface area contributed by atoms with Crippen LogP contribution in [0.25, 0.3) is 59.5 Å². The van der Waals surface area contributed by atoms with E-state index >= 15 is 0 Å². The van der Waals surface area contributed by atoms with Crippen LogP contribution in [0.1, 0.15) is 0 Å². The zero-order valence-corrected chi connectivity index (χ0v) is 26.3. The molecule has 3 aromatic heterocycles. The van der Waals surface area contributed by atoms with Gasteiger partial charge < -0.3 is 4.90 Å². The van der Waals surface area contributed by atoms with Gasteiger partial charge in [0.15, 0.2) is 0 Å². The van der Waals surface area contributed by atoms with Gasteiger partial charge in [-0.2, -0.15) is 0 Å². The molecule has 0 atom stereocenters. The molecule has 0 N–H and O–H groups in total. The van der Waals surface area contributed by atoms with E-state index in [-0.39, 0.29) is 0 Å². The van der Waals surface area contributed by atoms with E-state index in [0.29, 0.717) is 0 Å². The van der Waals surface area contributed by atoms with Crippen molar-refractivity contribution in [2.24, 2.45) is 0 Å². The summed E-state index contributed by atoms with van der Waals surface area (Å²) in [7, 11) is 0. The summed E-state index contributed by atoms with van der Waals surface area (Å²) in [6.45, 7) is 0. The van der Waals surface area contributed by atoms with Crippen LogP contribution in [0.5, 0.6) is 0 Å². The Morgan fingerprint density at radius 3 is 2.00 bits per heavy atom. The number of anilines is 3. The number of fused-ring (bicyclic) bond motifs is 4. The zero-order chi connectivity index (χ0) is 31.2. The van der Waals surface area contributed by atoms with Gasteiger partial charge in [0.1, 0.15) is 5.65 Å². The van der Waals surface area contributed by atoms with E-state index in [9.17, 15) is 0 Å². The van der Waals surface area contributed by atoms with Crippen LogP contribution in [0.2, 0.25) is 0 Å². The summed E-state index contributed by atoms with van der Waals surface area (Å²) >= 11 is 1.87. The van der Waals surface area contributed by atoms with E-state index in [2.05, 4.69) is 173 Å². The Bertz CT molecular complexity index is 2510. The Labute approximate surface area is 277 Å². The molecule has 0 bridgehead atoms. The summed E-state index contributed by atoms with van der Waals surface area (Å²) in [5.41, 5.74) is 11.0. The lowest BCUT2D eigenvalue weighted by molar-refractivity contribution is 1.19. The maximum absolute atomic E-state index is 5.04. The molecular weight excluding hydrogens is 591 g/mol. The van der Waals surface area contributed by atoms with Gasteiger partial charge in [-0.25, -0.2) is 4.98 Å². The summed E-state index contributed by atoms with van der Waals surface area (Å²) in [6, 6.07) is 60.4. The number of pyridine rings is 1. The van der Waals surface area contributed by atoms with Crippen LogP contribution in [0.3, 0.4) is 0 Å². The molecule has 0 saturated carbocycles. The summed E-state index contributed by atoms with van der Waals surface area (Å²) in [5.74, 6) is 0. The van der Waals surface area contributed by atoms with Crippen molar-refractivity contribution < 1.29 is 0 Å². The first-order valence-corrected chi connectivity index (χ1v) is 16.6. The second-order valence-corrected chi connectivity index (χ2v) is 12.7. The van der Waals surface area contributed by atoms with Crippen LogP contribution in [0.4, 0.5) is 17.1 Å². The van der Waals surface area contributed by atoms with E-state index in [1.54, 1.807) is 0 Å². The molecule has 47 heavy (non-hydrogen) atoms. The maximum Gasteiger partial charge on any atom is 0.137 e. The number of para-hydroxylation sites is 1. The Morgan fingerprint density at radius 1 is 0.489 bits per heavy atom. The average molecular weight is 620 g/mol. The fourth-order valence-corrected chi connectivity index (χ4v) is 7.89. The number of aromatic nitrogens is 2. The summed E-state index contributed by atoms with van der Waals surface area (Å²) < 4.78 is 4.83. The zero-order valence-electron chi connectivity index (χ0n) is 25.5. The SMILES string of the molecule is c1ccc(-c2nc3ccccn3c2-c2ccc(N(c3ccccc3)c3cccc(-c4cccc5c4sc4ccccc45)c3)cc2)cc1. The van der Waals surface area contributed by atoms with Crippen molar-refractivity contribution >= 4 is 54.2 Å². The third-order valence-corrected chi connectivity index (χ3v) is 10.0. The van der Waals surface area contributed by atoms with Gasteiger partial charge in [-0.15, -0.1) is 11.3 Å². The van der Waals surface area contributed by atoms with Crippen molar-refractivity contribution in [2.75, 3.05) is 4.90 Å². The summed E-state index contributed by atoms with van der Waals surface area (Å²) in [5, 5.41) is 2.63. The van der Waals surface area contributed by atoms with Crippen molar-refractivity contribution in [3.8, 4) is 33.6 Å². The molecule has 0 radical (unpaired) electrons. The topological polar surface area (TPSA) is 20.5 Å². The van der Waals surface area contributed by atoms with Gasteiger partial charge in [-0.3, -0.25) is 4.40 Å². The molecule has 0 aliphatic carbocycles. The molecule has 3 heterocycles. The minimum absolute atomic E-state index is 0.932. The summed E-state index contributed by atoms with van der Waals surface area (Å²) in [4.78, 5) is 7.38. The molecule has 0 saturated heterocycles. The van der Waals surface area contributed by atoms with Gasteiger partial charge in [0.05, 0.1) is 11.4 Å². The molecule has 0 aliphatic heterocycles. The monoisotopic (exact) mass is 619 g/mol. The van der Waals surface area contributed by atoms with Gasteiger partial charge >= 0.3 is 0 Å². The molecule has 0 unspecified atom stereocenters. The van der Waals surface area contributed by atoms with Crippen LogP contribution in [-0.2, 0) is 0 Å². The molecule has 3 nitrogen and oxygen atoms in total. The molecule has 0 aliphatic rings. The first-order valence-electron chi connectivity index (χ1n) is 15.8. The molecule has 4 heteroatoms. The highest BCUT2D eigenvalue weighted by atomic mass is 32.1. The number of hydrogen-bond donors (Lipinski definition) is 0. The lowest BCUT2D eigenvalue weighted by Gasteiger charge is -2.26. The molecular formula is C43H29N3S. The van der Waals surface area contributed by atoms with Crippen LogP contribution >= 0.6 is 11.3 Å². The second kappa shape index (κ2) is 11.4. The number of rotatable bonds is 6. The number of hydrogen-bond acceptors (Lipinski definition) is 3. The molecule has 9 rings (SSSR count). The highest BCUT2D eigenvalue weighted by Crippen LogP contribution is 2.42. The fraction of sp³-hybridized carbons (Fsp3) is 0. The van der Waals surface area contributed by atoms with Crippen LogP contribution in [0, 0.1) is 0 Å². The van der Waals surface area contributed by atoms with Crippen LogP contribution in [0.15, 0.2) is 176 Å². The predicted octanol–water partition coefficient (Wildman–Crippen LogP) is 12.2. The summed E-state index contributed by atoms with van der Waals surface area (Å²) in [6.07, 6.45) is 2.09. The number of benzene rings is 6. The molecule has 6 aromatic carbocycles. The van der Waals surface area contributed by atoms with Crippen molar-refractivity contribution in [3.63, 3.8) is 0 Å². The third-order valence-electron chi connectivity index (χ3n) is 8.81. The quantitative estimate of drug-likeness (QED) is 0.185. The lowest BCUT2D eigenvalue weighted by atomic mass is 10.0. The highest BCUT2D eigenvalue weighted by molar-refractivity contribution is 7.26. The van der Waals surface area contributed by atoms with Gasteiger partial charge in [0.25, 0.3) is 0 Å². The lowest BCUT2D eigenvalue weighted by Crippen LogP contribution is -2.09. The van der Waals surface area contributed by atoms with E-state index in [0.717, 1.165) is 45.2 Å². The van der Waals surface area contributed by atoms with Crippen molar-refractivity contribution in [1.29, 1.82) is 0 Å². The Hall–Kier alpha value is -5.97. The van der Waals surface area contributed by atoms with Crippen molar-refractivity contribution in [2.45, 2.75) is 0 Å². The number of nitrogens with zero attached hydrogens (tertiary/aromatic N) is 3. The molecule has 0 fully saturated rings. The third kappa shape index (κ3) is 4.78. The minimum atomic E-state index is 0.932. The van der Waals surface area contributed by atoms with E-state index < -0.39 is 0 Å². The Kier molecular flexibility index (Phi) is 6.65. The van der Waals surface area contributed by atoms with Crippen molar-refractivity contribution in [1.82, 2.24) is 9.38 Å². The highest BCUT2D eigenvalue weighted by Gasteiger charge is 2.18. The van der Waals surface area contributed by atoms with Gasteiger partial charge in [-0.1, -0.05) is 115 Å². The standard InChI is InChI=1S/C43H29N3S/c1-3-13-30(14-4-1)41-42(45-28-10-9-23-40(45)44-41)31-24-26-34(27-25-31)46(33-16-5-2-6-17-33)35-18-11-15-32(29-35)36-20-12-21-38-37-19-7-8-22-39(37)47-43(36)38/h1-29H. The number of thiophene rings is 1. The first kappa shape index (κ1) is 27.3. The first-order chi connectivity index (χ1) is 23.3. The van der Waals surface area contributed by atoms with Gasteiger partial charge in [0.2, 0.25) is 0 Å². The minimum Gasteiger partial charge on any atom is -0.310 e. The van der Waals surface area contributed by atoms with Crippen molar-refractivity contribution in [3.05, 3.63) is 176 Å². The Balaban J connectivity index is 1.16. The van der Waals surface area contributed by atoms with Crippen LogP contribution in [-0.4, -0.2) is 9.38 Å². The maximum atomic E-state index is 5.04. The largest absolute Gasteiger partial charge is 0.310 e. The normalized spacial score (nSPS) is 11.4. The molecule has 222 valence electrons. The van der Waals surface area contributed by atoms with Gasteiger partial charge in [-0.05, 0) is 65.7 Å². The second-order valence-electron chi connectivity index (χ2n) is 11.7. The predicted molar refractivity (Wildman–Crippen MR) is 199 cm³/mol. The number of imidazole rings is 1.